The number of hydrogen-bond acceptors (Lipinski definition) is 5. The number of nitrogens with zero attached hydrogens (tertiary/aromatic N) is 3. The fraction of sp³-hybridized carbons (Fsp3) is 0.526. The molecule has 2 aliphatic rings. The lowest BCUT2D eigenvalue weighted by atomic mass is 9.93. The van der Waals surface area contributed by atoms with Crippen LogP contribution in [0.3, 0.4) is 0 Å². The molecule has 132 valence electrons. The van der Waals surface area contributed by atoms with Gasteiger partial charge in [0.15, 0.2) is 0 Å². The topological polar surface area (TPSA) is 68.5 Å². The minimum Gasteiger partial charge on any atom is -0.421 e. The van der Waals surface area contributed by atoms with Crippen molar-refractivity contribution in [3.8, 4) is 11.5 Å². The minimum absolute atomic E-state index is 0.167. The van der Waals surface area contributed by atoms with E-state index in [1.54, 1.807) is 0 Å². The van der Waals surface area contributed by atoms with Gasteiger partial charge < -0.3 is 14.1 Å². The van der Waals surface area contributed by atoms with E-state index in [1.165, 1.54) is 0 Å². The quantitative estimate of drug-likeness (QED) is 0.855. The van der Waals surface area contributed by atoms with Crippen molar-refractivity contribution in [3.05, 3.63) is 36.2 Å². The van der Waals surface area contributed by atoms with E-state index < -0.39 is 0 Å². The van der Waals surface area contributed by atoms with Crippen molar-refractivity contribution in [1.29, 1.82) is 0 Å². The lowest BCUT2D eigenvalue weighted by Crippen LogP contribution is -2.44. The first-order valence-corrected chi connectivity index (χ1v) is 9.08. The summed E-state index contributed by atoms with van der Waals surface area (Å²) in [5.41, 5.74) is 0.943. The van der Waals surface area contributed by atoms with Gasteiger partial charge >= 0.3 is 0 Å². The van der Waals surface area contributed by atoms with Gasteiger partial charge in [0.2, 0.25) is 11.8 Å². The number of ether oxygens (including phenoxy) is 1. The Hall–Kier alpha value is -2.21. The van der Waals surface area contributed by atoms with Crippen molar-refractivity contribution >= 4 is 5.91 Å². The molecule has 1 amide bonds. The highest BCUT2D eigenvalue weighted by Crippen LogP contribution is 2.25. The number of aromatic nitrogens is 2. The molecule has 1 aromatic heterocycles. The van der Waals surface area contributed by atoms with Crippen molar-refractivity contribution in [2.24, 2.45) is 5.92 Å². The van der Waals surface area contributed by atoms with Gasteiger partial charge in [-0.15, -0.1) is 10.2 Å². The zero-order valence-electron chi connectivity index (χ0n) is 14.3. The molecule has 4 rings (SSSR count). The molecule has 6 nitrogen and oxygen atoms in total. The number of hydrogen-bond donors (Lipinski definition) is 0. The normalized spacial score (nSPS) is 21.6. The number of benzene rings is 1. The van der Waals surface area contributed by atoms with Gasteiger partial charge in [-0.2, -0.15) is 0 Å². The second-order valence-corrected chi connectivity index (χ2v) is 6.84. The summed E-state index contributed by atoms with van der Waals surface area (Å²) < 4.78 is 11.3. The monoisotopic (exact) mass is 341 g/mol. The molecule has 2 aliphatic heterocycles. The Kier molecular flexibility index (Phi) is 4.78. The maximum Gasteiger partial charge on any atom is 0.251 e. The highest BCUT2D eigenvalue weighted by atomic mass is 16.5. The Bertz CT molecular complexity index is 702. The molecule has 0 saturated carbocycles. The standard InChI is InChI=1S/C19H23N3O3/c23-19(16-7-4-12-24-16)22-10-8-14(9-11-22)13-17-20-21-18(25-17)15-5-2-1-3-6-15/h1-3,5-6,14,16H,4,7-13H2. The van der Waals surface area contributed by atoms with Crippen LogP contribution in [0.25, 0.3) is 11.5 Å². The number of carbonyl (C=O) groups is 1. The third-order valence-electron chi connectivity index (χ3n) is 5.08. The van der Waals surface area contributed by atoms with Crippen molar-refractivity contribution in [2.75, 3.05) is 19.7 Å². The van der Waals surface area contributed by atoms with Gasteiger partial charge in [-0.3, -0.25) is 4.79 Å². The van der Waals surface area contributed by atoms with Gasteiger partial charge in [-0.25, -0.2) is 0 Å². The van der Waals surface area contributed by atoms with Gasteiger partial charge in [-0.1, -0.05) is 18.2 Å². The molecule has 0 N–H and O–H groups in total. The van der Waals surface area contributed by atoms with Crippen LogP contribution in [0.15, 0.2) is 34.7 Å². The fourth-order valence-corrected chi connectivity index (χ4v) is 3.61. The summed E-state index contributed by atoms with van der Waals surface area (Å²) in [7, 11) is 0. The summed E-state index contributed by atoms with van der Waals surface area (Å²) in [5.74, 6) is 1.90. The van der Waals surface area contributed by atoms with Crippen LogP contribution in [-0.2, 0) is 16.0 Å². The van der Waals surface area contributed by atoms with Crippen LogP contribution in [0, 0.1) is 5.92 Å². The van der Waals surface area contributed by atoms with Crippen LogP contribution in [0.4, 0.5) is 0 Å². The van der Waals surface area contributed by atoms with Gasteiger partial charge in [0, 0.05) is 31.7 Å². The second kappa shape index (κ2) is 7.35. The van der Waals surface area contributed by atoms with Gasteiger partial charge in [0.05, 0.1) is 0 Å². The molecule has 1 atom stereocenters. The van der Waals surface area contributed by atoms with Gasteiger partial charge in [-0.05, 0) is 43.7 Å². The summed E-state index contributed by atoms with van der Waals surface area (Å²) in [6.45, 7) is 2.31. The molecule has 6 heteroatoms. The molecule has 25 heavy (non-hydrogen) atoms. The Morgan fingerprint density at radius 2 is 1.92 bits per heavy atom. The third kappa shape index (κ3) is 3.74. The van der Waals surface area contributed by atoms with Crippen molar-refractivity contribution < 1.29 is 13.9 Å². The van der Waals surface area contributed by atoms with Crippen LogP contribution in [0.2, 0.25) is 0 Å². The number of likely N-dealkylation sites (tertiary alicyclic amines) is 1. The van der Waals surface area contributed by atoms with Crippen LogP contribution in [0.1, 0.15) is 31.6 Å². The van der Waals surface area contributed by atoms with Crippen molar-refractivity contribution in [1.82, 2.24) is 15.1 Å². The molecule has 2 fully saturated rings. The molecule has 0 spiro atoms. The maximum absolute atomic E-state index is 12.4. The first-order valence-electron chi connectivity index (χ1n) is 9.08. The van der Waals surface area contributed by atoms with Gasteiger partial charge in [0.25, 0.3) is 5.91 Å². The highest BCUT2D eigenvalue weighted by Gasteiger charge is 2.31. The third-order valence-corrected chi connectivity index (χ3v) is 5.08. The SMILES string of the molecule is O=C(C1CCCO1)N1CCC(Cc2nnc(-c3ccccc3)o2)CC1. The Labute approximate surface area is 147 Å². The zero-order valence-corrected chi connectivity index (χ0v) is 14.3. The predicted molar refractivity (Wildman–Crippen MR) is 91.7 cm³/mol. The average molecular weight is 341 g/mol. The smallest absolute Gasteiger partial charge is 0.251 e. The van der Waals surface area contributed by atoms with Crippen LogP contribution in [0.5, 0.6) is 0 Å². The second-order valence-electron chi connectivity index (χ2n) is 6.84. The van der Waals surface area contributed by atoms with E-state index in [1.807, 2.05) is 35.2 Å². The number of rotatable bonds is 4. The van der Waals surface area contributed by atoms with Crippen LogP contribution >= 0.6 is 0 Å². The zero-order chi connectivity index (χ0) is 17.1. The van der Waals surface area contributed by atoms with E-state index in [4.69, 9.17) is 9.15 Å². The number of carbonyl (C=O) groups excluding carboxylic acids is 1. The molecule has 0 aliphatic carbocycles. The van der Waals surface area contributed by atoms with Crippen LogP contribution < -0.4 is 0 Å². The summed E-state index contributed by atoms with van der Waals surface area (Å²) >= 11 is 0. The van der Waals surface area contributed by atoms with E-state index in [9.17, 15) is 4.79 Å². The number of amides is 1. The van der Waals surface area contributed by atoms with E-state index in [2.05, 4.69) is 10.2 Å². The van der Waals surface area contributed by atoms with Crippen LogP contribution in [-0.4, -0.2) is 46.8 Å². The molecule has 1 unspecified atom stereocenters. The molecule has 2 saturated heterocycles. The largest absolute Gasteiger partial charge is 0.421 e. The first-order chi connectivity index (χ1) is 12.3. The molecule has 0 radical (unpaired) electrons. The fourth-order valence-electron chi connectivity index (χ4n) is 3.61. The summed E-state index contributed by atoms with van der Waals surface area (Å²) in [4.78, 5) is 14.3. The van der Waals surface area contributed by atoms with E-state index in [0.29, 0.717) is 24.3 Å². The highest BCUT2D eigenvalue weighted by molar-refractivity contribution is 5.81. The number of piperidine rings is 1. The molecule has 0 bridgehead atoms. The molecular formula is C19H23N3O3. The molecule has 3 heterocycles. The van der Waals surface area contributed by atoms with E-state index in [-0.39, 0.29) is 12.0 Å². The molecule has 1 aromatic carbocycles. The average Bonchev–Trinajstić information content (AvgIpc) is 3.35. The van der Waals surface area contributed by atoms with Crippen molar-refractivity contribution in [3.63, 3.8) is 0 Å². The Morgan fingerprint density at radius 3 is 2.64 bits per heavy atom. The Morgan fingerprint density at radius 1 is 1.12 bits per heavy atom. The minimum atomic E-state index is -0.207. The summed E-state index contributed by atoms with van der Waals surface area (Å²) in [6, 6.07) is 9.81. The first kappa shape index (κ1) is 16.3. The predicted octanol–water partition coefficient (Wildman–Crippen LogP) is 2.70. The van der Waals surface area contributed by atoms with Gasteiger partial charge in [0.1, 0.15) is 6.10 Å². The summed E-state index contributed by atoms with van der Waals surface area (Å²) in [5, 5.41) is 8.34. The molecule has 2 aromatic rings. The maximum atomic E-state index is 12.4. The summed E-state index contributed by atoms with van der Waals surface area (Å²) in [6.07, 6.45) is 4.38. The lowest BCUT2D eigenvalue weighted by Gasteiger charge is -2.32. The lowest BCUT2D eigenvalue weighted by molar-refractivity contribution is -0.142. The van der Waals surface area contributed by atoms with E-state index in [0.717, 1.165) is 50.8 Å². The van der Waals surface area contributed by atoms with Crippen molar-refractivity contribution in [2.45, 2.75) is 38.2 Å². The van der Waals surface area contributed by atoms with E-state index >= 15 is 0 Å². The molecular weight excluding hydrogens is 318 g/mol. The Balaban J connectivity index is 1.30.